The highest BCUT2D eigenvalue weighted by Crippen LogP contribution is 2.19. The number of halogens is 1. The Kier molecular flexibility index (Phi) is 6.30. The molecule has 0 N–H and O–H groups in total. The van der Waals surface area contributed by atoms with Crippen LogP contribution in [-0.4, -0.2) is 9.78 Å². The third-order valence-electron chi connectivity index (χ3n) is 3.95. The third-order valence-corrected chi connectivity index (χ3v) is 3.95. The Morgan fingerprint density at radius 1 is 1.08 bits per heavy atom. The Labute approximate surface area is 144 Å². The fraction of sp³-hybridized carbons (Fsp3) is 0.286. The first-order valence-corrected chi connectivity index (χ1v) is 8.36. The largest absolute Gasteiger partial charge is 0.241 e. The lowest BCUT2D eigenvalue weighted by molar-refractivity contribution is 0.622. The minimum atomic E-state index is -0.140. The Bertz CT molecular complexity index is 761. The summed E-state index contributed by atoms with van der Waals surface area (Å²) in [5.41, 5.74) is 4.74. The highest BCUT2D eigenvalue weighted by molar-refractivity contribution is 5.34. The summed E-state index contributed by atoms with van der Waals surface area (Å²) in [6, 6.07) is 15.3. The summed E-state index contributed by atoms with van der Waals surface area (Å²) < 4.78 is 14.6. The maximum atomic E-state index is 12.7. The quantitative estimate of drug-likeness (QED) is 0.605. The molecule has 1 aromatic heterocycles. The van der Waals surface area contributed by atoms with E-state index in [0.717, 1.165) is 17.7 Å². The van der Waals surface area contributed by atoms with Gasteiger partial charge in [-0.25, -0.2) is 9.07 Å². The van der Waals surface area contributed by atoms with Gasteiger partial charge in [-0.1, -0.05) is 39.0 Å². The van der Waals surface area contributed by atoms with Crippen molar-refractivity contribution in [3.8, 4) is 5.69 Å². The predicted octanol–water partition coefficient (Wildman–Crippen LogP) is 5.69. The van der Waals surface area contributed by atoms with Crippen LogP contribution in [0.5, 0.6) is 0 Å². The number of hydrogen-bond acceptors (Lipinski definition) is 1. The van der Waals surface area contributed by atoms with E-state index >= 15 is 0 Å². The number of nitrogens with zero attached hydrogens (tertiary/aromatic N) is 2. The molecule has 0 fully saturated rings. The standard InChI is InChI=1S/C11H12N2.C10H13F/c1-2-10-5-3-6-11(9-10)13-8-4-7-12-13;1-7(2)10-6-9(11)5-4-8(10)3/h3-9H,2H2,1H3;4-7H,1-3H3. The highest BCUT2D eigenvalue weighted by atomic mass is 19.1. The van der Waals surface area contributed by atoms with Crippen LogP contribution in [-0.2, 0) is 6.42 Å². The Morgan fingerprint density at radius 2 is 1.88 bits per heavy atom. The Balaban J connectivity index is 0.000000177. The van der Waals surface area contributed by atoms with Crippen molar-refractivity contribution in [2.45, 2.75) is 40.0 Å². The molecule has 0 atom stereocenters. The van der Waals surface area contributed by atoms with Crippen LogP contribution in [0.25, 0.3) is 5.69 Å². The molecule has 3 aromatic rings. The molecule has 0 unspecified atom stereocenters. The van der Waals surface area contributed by atoms with E-state index in [1.165, 1.54) is 17.2 Å². The molecule has 0 bridgehead atoms. The number of hydrogen-bond donors (Lipinski definition) is 0. The van der Waals surface area contributed by atoms with Crippen molar-refractivity contribution in [3.05, 3.63) is 83.4 Å². The van der Waals surface area contributed by atoms with Crippen LogP contribution < -0.4 is 0 Å². The fourth-order valence-corrected chi connectivity index (χ4v) is 2.57. The average Bonchev–Trinajstić information content (AvgIpc) is 3.12. The summed E-state index contributed by atoms with van der Waals surface area (Å²) in [6.45, 7) is 8.31. The molecule has 0 aliphatic rings. The maximum absolute atomic E-state index is 12.7. The van der Waals surface area contributed by atoms with Crippen molar-refractivity contribution >= 4 is 0 Å². The summed E-state index contributed by atoms with van der Waals surface area (Å²) in [5.74, 6) is 0.269. The van der Waals surface area contributed by atoms with E-state index in [0.29, 0.717) is 5.92 Å². The molecule has 0 saturated heterocycles. The molecule has 24 heavy (non-hydrogen) atoms. The topological polar surface area (TPSA) is 17.8 Å². The van der Waals surface area contributed by atoms with Gasteiger partial charge >= 0.3 is 0 Å². The lowest BCUT2D eigenvalue weighted by Crippen LogP contribution is -1.94. The van der Waals surface area contributed by atoms with Crippen molar-refractivity contribution in [2.75, 3.05) is 0 Å². The van der Waals surface area contributed by atoms with Gasteiger partial charge in [0, 0.05) is 12.4 Å². The van der Waals surface area contributed by atoms with Crippen LogP contribution in [0.15, 0.2) is 60.9 Å². The molecule has 126 valence electrons. The van der Waals surface area contributed by atoms with E-state index in [2.05, 4.69) is 50.1 Å². The zero-order chi connectivity index (χ0) is 17.5. The molecule has 3 heteroatoms. The minimum absolute atomic E-state index is 0.140. The van der Waals surface area contributed by atoms with Crippen molar-refractivity contribution in [2.24, 2.45) is 0 Å². The van der Waals surface area contributed by atoms with Crippen molar-refractivity contribution < 1.29 is 4.39 Å². The molecule has 0 radical (unpaired) electrons. The van der Waals surface area contributed by atoms with Gasteiger partial charge in [-0.3, -0.25) is 0 Å². The van der Waals surface area contributed by atoms with Gasteiger partial charge in [0.15, 0.2) is 0 Å². The zero-order valence-corrected chi connectivity index (χ0v) is 14.8. The SMILES string of the molecule is CCc1cccc(-n2cccn2)c1.Cc1ccc(F)cc1C(C)C. The summed E-state index contributed by atoms with van der Waals surface area (Å²) in [7, 11) is 0. The number of aryl methyl sites for hydroxylation is 2. The molecular weight excluding hydrogens is 299 g/mol. The lowest BCUT2D eigenvalue weighted by Gasteiger charge is -2.08. The van der Waals surface area contributed by atoms with Gasteiger partial charge in [-0.15, -0.1) is 0 Å². The van der Waals surface area contributed by atoms with Crippen molar-refractivity contribution in [3.63, 3.8) is 0 Å². The first-order chi connectivity index (χ1) is 11.5. The van der Waals surface area contributed by atoms with E-state index in [-0.39, 0.29) is 5.82 Å². The van der Waals surface area contributed by atoms with Crippen LogP contribution in [0.4, 0.5) is 4.39 Å². The Hall–Kier alpha value is -2.42. The van der Waals surface area contributed by atoms with Crippen LogP contribution in [0, 0.1) is 12.7 Å². The van der Waals surface area contributed by atoms with Crippen LogP contribution in [0.1, 0.15) is 43.4 Å². The number of aromatic nitrogens is 2. The van der Waals surface area contributed by atoms with Gasteiger partial charge in [-0.05, 0) is 66.3 Å². The average molecular weight is 324 g/mol. The molecule has 0 aliphatic heterocycles. The summed E-state index contributed by atoms with van der Waals surface area (Å²) >= 11 is 0. The van der Waals surface area contributed by atoms with E-state index in [9.17, 15) is 4.39 Å². The van der Waals surface area contributed by atoms with Gasteiger partial charge in [-0.2, -0.15) is 5.10 Å². The van der Waals surface area contributed by atoms with Crippen LogP contribution >= 0.6 is 0 Å². The number of benzene rings is 2. The first kappa shape index (κ1) is 17.9. The monoisotopic (exact) mass is 324 g/mol. The van der Waals surface area contributed by atoms with E-state index < -0.39 is 0 Å². The molecule has 0 spiro atoms. The molecule has 0 saturated carbocycles. The zero-order valence-electron chi connectivity index (χ0n) is 14.8. The normalized spacial score (nSPS) is 10.4. The molecule has 0 aliphatic carbocycles. The summed E-state index contributed by atoms with van der Waals surface area (Å²) in [4.78, 5) is 0. The lowest BCUT2D eigenvalue weighted by atomic mass is 9.98. The molecule has 2 nitrogen and oxygen atoms in total. The van der Waals surface area contributed by atoms with Gasteiger partial charge < -0.3 is 0 Å². The molecule has 2 aromatic carbocycles. The maximum Gasteiger partial charge on any atom is 0.123 e. The fourth-order valence-electron chi connectivity index (χ4n) is 2.57. The van der Waals surface area contributed by atoms with Gasteiger partial charge in [0.2, 0.25) is 0 Å². The molecule has 0 amide bonds. The van der Waals surface area contributed by atoms with E-state index in [1.807, 2.05) is 29.9 Å². The Morgan fingerprint density at radius 3 is 2.46 bits per heavy atom. The smallest absolute Gasteiger partial charge is 0.123 e. The third kappa shape index (κ3) is 4.79. The minimum Gasteiger partial charge on any atom is -0.241 e. The van der Waals surface area contributed by atoms with E-state index in [4.69, 9.17) is 0 Å². The van der Waals surface area contributed by atoms with Crippen molar-refractivity contribution in [1.82, 2.24) is 9.78 Å². The highest BCUT2D eigenvalue weighted by Gasteiger charge is 2.03. The van der Waals surface area contributed by atoms with Crippen LogP contribution in [0.2, 0.25) is 0 Å². The van der Waals surface area contributed by atoms with Gasteiger partial charge in [0.25, 0.3) is 0 Å². The van der Waals surface area contributed by atoms with E-state index in [1.54, 1.807) is 12.3 Å². The second-order valence-electron chi connectivity index (χ2n) is 6.13. The second-order valence-corrected chi connectivity index (χ2v) is 6.13. The first-order valence-electron chi connectivity index (χ1n) is 8.36. The predicted molar refractivity (Wildman–Crippen MR) is 98.2 cm³/mol. The summed E-state index contributed by atoms with van der Waals surface area (Å²) in [6.07, 6.45) is 4.81. The van der Waals surface area contributed by atoms with Gasteiger partial charge in [0.05, 0.1) is 5.69 Å². The van der Waals surface area contributed by atoms with Crippen LogP contribution in [0.3, 0.4) is 0 Å². The molecular formula is C21H25FN2. The number of rotatable bonds is 3. The van der Waals surface area contributed by atoms with Crippen molar-refractivity contribution in [1.29, 1.82) is 0 Å². The molecule has 3 rings (SSSR count). The summed E-state index contributed by atoms with van der Waals surface area (Å²) in [5, 5.41) is 4.18. The second kappa shape index (κ2) is 8.44. The van der Waals surface area contributed by atoms with Gasteiger partial charge in [0.1, 0.15) is 5.82 Å². The molecule has 1 heterocycles.